The molecule has 166 valence electrons. The zero-order chi connectivity index (χ0) is 23.2. The van der Waals surface area contributed by atoms with Gasteiger partial charge in [0.25, 0.3) is 11.5 Å². The van der Waals surface area contributed by atoms with E-state index in [1.54, 1.807) is 42.5 Å². The maximum Gasteiger partial charge on any atom is 0.261 e. The van der Waals surface area contributed by atoms with E-state index in [1.165, 1.54) is 10.9 Å². The quantitative estimate of drug-likeness (QED) is 0.446. The molecule has 0 aliphatic heterocycles. The summed E-state index contributed by atoms with van der Waals surface area (Å²) < 4.78 is 1.51. The second kappa shape index (κ2) is 9.91. The van der Waals surface area contributed by atoms with Gasteiger partial charge in [-0.15, -0.1) is 0 Å². The Morgan fingerprint density at radius 3 is 2.58 bits per heavy atom. The normalized spacial score (nSPS) is 10.7. The van der Waals surface area contributed by atoms with Crippen molar-refractivity contribution in [2.75, 3.05) is 10.6 Å². The number of anilines is 2. The first-order valence-electron chi connectivity index (χ1n) is 10.7. The largest absolute Gasteiger partial charge is 0.325 e. The monoisotopic (exact) mass is 440 g/mol. The van der Waals surface area contributed by atoms with Crippen LogP contribution >= 0.6 is 0 Å². The molecule has 1 aromatic heterocycles. The predicted octanol–water partition coefficient (Wildman–Crippen LogP) is 4.38. The second-order valence-corrected chi connectivity index (χ2v) is 7.78. The van der Waals surface area contributed by atoms with Crippen molar-refractivity contribution in [2.24, 2.45) is 0 Å². The van der Waals surface area contributed by atoms with Crippen LogP contribution in [-0.2, 0) is 11.3 Å². The number of nitrogens with zero attached hydrogens (tertiary/aromatic N) is 2. The van der Waals surface area contributed by atoms with Crippen molar-refractivity contribution in [3.05, 3.63) is 101 Å². The zero-order valence-corrected chi connectivity index (χ0v) is 18.2. The van der Waals surface area contributed by atoms with Gasteiger partial charge in [0, 0.05) is 18.7 Å². The van der Waals surface area contributed by atoms with Crippen LogP contribution in [0.1, 0.15) is 28.8 Å². The number of hydrogen-bond donors (Lipinski definition) is 2. The van der Waals surface area contributed by atoms with Crippen LogP contribution < -0.4 is 16.2 Å². The molecule has 7 heteroatoms. The van der Waals surface area contributed by atoms with Gasteiger partial charge in [-0.1, -0.05) is 36.4 Å². The van der Waals surface area contributed by atoms with Crippen LogP contribution in [0.2, 0.25) is 0 Å². The summed E-state index contributed by atoms with van der Waals surface area (Å²) in [7, 11) is 0. The molecule has 4 aromatic rings. The first-order valence-corrected chi connectivity index (χ1v) is 10.7. The number of fused-ring (bicyclic) bond motifs is 1. The van der Waals surface area contributed by atoms with Crippen molar-refractivity contribution >= 4 is 34.1 Å². The third-order valence-electron chi connectivity index (χ3n) is 5.26. The highest BCUT2D eigenvalue weighted by Crippen LogP contribution is 2.18. The highest BCUT2D eigenvalue weighted by Gasteiger charge is 2.14. The Kier molecular flexibility index (Phi) is 6.59. The highest BCUT2D eigenvalue weighted by atomic mass is 16.2. The number of hydrogen-bond acceptors (Lipinski definition) is 4. The summed E-state index contributed by atoms with van der Waals surface area (Å²) in [5.74, 6) is -0.530. The molecule has 0 unspecified atom stereocenters. The molecule has 0 fully saturated rings. The molecular weight excluding hydrogens is 416 g/mol. The van der Waals surface area contributed by atoms with Gasteiger partial charge in [-0.25, -0.2) is 4.98 Å². The SMILES string of the molecule is Cc1cccc(NC(=O)c2ccccc2NC(=O)CCCn2cnc3ccccc3c2=O)c1. The fourth-order valence-electron chi connectivity index (χ4n) is 3.60. The molecule has 33 heavy (non-hydrogen) atoms. The summed E-state index contributed by atoms with van der Waals surface area (Å²) in [5, 5.41) is 6.23. The van der Waals surface area contributed by atoms with Gasteiger partial charge in [0.15, 0.2) is 0 Å². The molecule has 0 atom stereocenters. The fourth-order valence-corrected chi connectivity index (χ4v) is 3.60. The van der Waals surface area contributed by atoms with E-state index >= 15 is 0 Å². The third-order valence-corrected chi connectivity index (χ3v) is 5.26. The maximum atomic E-state index is 12.8. The van der Waals surface area contributed by atoms with Crippen molar-refractivity contribution in [3.8, 4) is 0 Å². The summed E-state index contributed by atoms with van der Waals surface area (Å²) >= 11 is 0. The van der Waals surface area contributed by atoms with Crippen molar-refractivity contribution in [3.63, 3.8) is 0 Å². The fraction of sp³-hybridized carbons (Fsp3) is 0.154. The van der Waals surface area contributed by atoms with Gasteiger partial charge in [-0.05, 0) is 55.3 Å². The van der Waals surface area contributed by atoms with E-state index in [2.05, 4.69) is 15.6 Å². The summed E-state index contributed by atoms with van der Waals surface area (Å²) in [6.45, 7) is 2.32. The molecule has 2 N–H and O–H groups in total. The lowest BCUT2D eigenvalue weighted by Gasteiger charge is -2.12. The first kappa shape index (κ1) is 22.0. The van der Waals surface area contributed by atoms with Gasteiger partial charge in [-0.2, -0.15) is 0 Å². The zero-order valence-electron chi connectivity index (χ0n) is 18.2. The lowest BCUT2D eigenvalue weighted by molar-refractivity contribution is -0.116. The Balaban J connectivity index is 1.38. The lowest BCUT2D eigenvalue weighted by atomic mass is 10.1. The van der Waals surface area contributed by atoms with Crippen molar-refractivity contribution in [1.29, 1.82) is 0 Å². The van der Waals surface area contributed by atoms with Gasteiger partial charge < -0.3 is 10.6 Å². The maximum absolute atomic E-state index is 12.8. The number of nitrogens with one attached hydrogen (secondary N) is 2. The van der Waals surface area contributed by atoms with E-state index in [1.807, 2.05) is 37.3 Å². The molecular formula is C26H24N4O3. The number of amides is 2. The van der Waals surface area contributed by atoms with E-state index in [0.29, 0.717) is 40.8 Å². The number of aryl methyl sites for hydroxylation is 2. The molecule has 0 saturated heterocycles. The molecule has 0 aliphatic rings. The minimum Gasteiger partial charge on any atom is -0.325 e. The smallest absolute Gasteiger partial charge is 0.261 e. The average Bonchev–Trinajstić information content (AvgIpc) is 2.81. The molecule has 1 heterocycles. The molecule has 0 spiro atoms. The number of rotatable bonds is 7. The summed E-state index contributed by atoms with van der Waals surface area (Å²) in [4.78, 5) is 42.2. The third kappa shape index (κ3) is 5.33. The second-order valence-electron chi connectivity index (χ2n) is 7.78. The Morgan fingerprint density at radius 1 is 0.939 bits per heavy atom. The standard InChI is InChI=1S/C26H24N4O3/c1-18-8-6-9-19(16-18)28-25(32)20-10-2-5-13-23(20)29-24(31)14-7-15-30-17-27-22-12-4-3-11-21(22)26(30)33/h2-6,8-13,16-17H,7,14-15H2,1H3,(H,28,32)(H,29,31). The molecule has 3 aromatic carbocycles. The minimum atomic E-state index is -0.301. The van der Waals surface area contributed by atoms with Gasteiger partial charge in [0.05, 0.1) is 28.5 Å². The number of para-hydroxylation sites is 2. The number of carbonyl (C=O) groups is 2. The van der Waals surface area contributed by atoms with Crippen LogP contribution in [-0.4, -0.2) is 21.4 Å². The molecule has 0 bridgehead atoms. The highest BCUT2D eigenvalue weighted by molar-refractivity contribution is 6.10. The molecule has 0 saturated carbocycles. The van der Waals surface area contributed by atoms with Crippen LogP contribution in [0.3, 0.4) is 0 Å². The van der Waals surface area contributed by atoms with Crippen molar-refractivity contribution < 1.29 is 9.59 Å². The van der Waals surface area contributed by atoms with Crippen LogP contribution in [0.25, 0.3) is 10.9 Å². The van der Waals surface area contributed by atoms with Gasteiger partial charge in [0.1, 0.15) is 0 Å². The van der Waals surface area contributed by atoms with Crippen LogP contribution in [0.15, 0.2) is 83.9 Å². The molecule has 4 rings (SSSR count). The Morgan fingerprint density at radius 2 is 1.73 bits per heavy atom. The number of benzene rings is 3. The number of carbonyl (C=O) groups excluding carboxylic acids is 2. The summed E-state index contributed by atoms with van der Waals surface area (Å²) in [6.07, 6.45) is 2.17. The molecule has 0 radical (unpaired) electrons. The topological polar surface area (TPSA) is 93.1 Å². The van der Waals surface area contributed by atoms with Gasteiger partial charge in [-0.3, -0.25) is 19.0 Å². The van der Waals surface area contributed by atoms with Gasteiger partial charge in [0.2, 0.25) is 5.91 Å². The molecule has 7 nitrogen and oxygen atoms in total. The number of aromatic nitrogens is 2. The van der Waals surface area contributed by atoms with Crippen molar-refractivity contribution in [2.45, 2.75) is 26.3 Å². The van der Waals surface area contributed by atoms with E-state index < -0.39 is 0 Å². The van der Waals surface area contributed by atoms with E-state index in [-0.39, 0.29) is 23.8 Å². The van der Waals surface area contributed by atoms with E-state index in [9.17, 15) is 14.4 Å². The van der Waals surface area contributed by atoms with Crippen LogP contribution in [0.5, 0.6) is 0 Å². The minimum absolute atomic E-state index is 0.126. The van der Waals surface area contributed by atoms with Crippen molar-refractivity contribution in [1.82, 2.24) is 9.55 Å². The van der Waals surface area contributed by atoms with Gasteiger partial charge >= 0.3 is 0 Å². The summed E-state index contributed by atoms with van der Waals surface area (Å²) in [6, 6.07) is 21.6. The van der Waals surface area contributed by atoms with E-state index in [0.717, 1.165) is 5.56 Å². The van der Waals surface area contributed by atoms with Crippen LogP contribution in [0, 0.1) is 6.92 Å². The lowest BCUT2D eigenvalue weighted by Crippen LogP contribution is -2.22. The van der Waals surface area contributed by atoms with Crippen LogP contribution in [0.4, 0.5) is 11.4 Å². The Hall–Kier alpha value is -4.26. The average molecular weight is 441 g/mol. The van der Waals surface area contributed by atoms with E-state index in [4.69, 9.17) is 0 Å². The molecule has 2 amide bonds. The Bertz CT molecular complexity index is 1380. The first-order chi connectivity index (χ1) is 16.0. The molecule has 0 aliphatic carbocycles. The Labute approximate surface area is 191 Å². The summed E-state index contributed by atoms with van der Waals surface area (Å²) in [5.41, 5.74) is 3.07. The predicted molar refractivity (Wildman–Crippen MR) is 129 cm³/mol.